The van der Waals surface area contributed by atoms with Crippen LogP contribution in [-0.4, -0.2) is 19.1 Å². The van der Waals surface area contributed by atoms with Crippen molar-refractivity contribution in [1.82, 2.24) is 0 Å². The number of anilines is 1. The highest BCUT2D eigenvalue weighted by Crippen LogP contribution is 2.13. The maximum Gasteiger partial charge on any atom is 0.153 e. The lowest BCUT2D eigenvalue weighted by Gasteiger charge is -2.04. The van der Waals surface area contributed by atoms with Crippen molar-refractivity contribution in [2.24, 2.45) is 9.98 Å². The van der Waals surface area contributed by atoms with E-state index in [0.717, 1.165) is 29.1 Å². The van der Waals surface area contributed by atoms with E-state index in [2.05, 4.69) is 9.98 Å². The van der Waals surface area contributed by atoms with Gasteiger partial charge in [0.05, 0.1) is 0 Å². The van der Waals surface area contributed by atoms with E-state index >= 15 is 0 Å². The number of nitrogen functional groups attached to an aromatic ring is 1. The quantitative estimate of drug-likeness (QED) is 0.448. The summed E-state index contributed by atoms with van der Waals surface area (Å²) in [4.78, 5) is 8.43. The number of benzene rings is 1. The van der Waals surface area contributed by atoms with E-state index in [-0.39, 0.29) is 0 Å². The van der Waals surface area contributed by atoms with Gasteiger partial charge in [0.1, 0.15) is 0 Å². The molecule has 0 aliphatic heterocycles. The average Bonchev–Trinajstić information content (AvgIpc) is 2.24. The predicted octanol–water partition coefficient (Wildman–Crippen LogP) is 2.43. The third kappa shape index (κ3) is 2.91. The lowest BCUT2D eigenvalue weighted by molar-refractivity contribution is 1.31. The van der Waals surface area contributed by atoms with Crippen molar-refractivity contribution in [2.45, 2.75) is 20.3 Å². The van der Waals surface area contributed by atoms with Crippen molar-refractivity contribution < 1.29 is 0 Å². The Kier molecular flexibility index (Phi) is 4.03. The molecule has 0 saturated heterocycles. The second kappa shape index (κ2) is 5.29. The standard InChI is InChI=1S/C12H17N3/c1-4-7-15-12(14-3)10-5-6-11(13)9(2)8-10/h5-8H,4,13H2,1-3H3. The largest absolute Gasteiger partial charge is 0.399 e. The Morgan fingerprint density at radius 2 is 2.20 bits per heavy atom. The maximum atomic E-state index is 5.75. The minimum atomic E-state index is 0.750. The molecular formula is C12H17N3. The van der Waals surface area contributed by atoms with E-state index < -0.39 is 0 Å². The zero-order chi connectivity index (χ0) is 11.3. The third-order valence-corrected chi connectivity index (χ3v) is 2.14. The smallest absolute Gasteiger partial charge is 0.153 e. The van der Waals surface area contributed by atoms with E-state index in [4.69, 9.17) is 5.73 Å². The summed E-state index contributed by atoms with van der Waals surface area (Å²) in [6, 6.07) is 5.83. The van der Waals surface area contributed by atoms with Gasteiger partial charge in [-0.15, -0.1) is 0 Å². The Bertz CT molecular complexity index is 392. The van der Waals surface area contributed by atoms with Crippen molar-refractivity contribution in [2.75, 3.05) is 12.8 Å². The van der Waals surface area contributed by atoms with Gasteiger partial charge in [0.2, 0.25) is 0 Å². The van der Waals surface area contributed by atoms with Gasteiger partial charge in [-0.3, -0.25) is 4.99 Å². The highest BCUT2D eigenvalue weighted by molar-refractivity contribution is 6.03. The second-order valence-electron chi connectivity index (χ2n) is 3.34. The van der Waals surface area contributed by atoms with Crippen molar-refractivity contribution in [3.63, 3.8) is 0 Å². The lowest BCUT2D eigenvalue weighted by Crippen LogP contribution is -1.99. The average molecular weight is 203 g/mol. The Morgan fingerprint density at radius 3 is 2.73 bits per heavy atom. The fraction of sp³-hybridized carbons (Fsp3) is 0.333. The molecule has 3 heteroatoms. The van der Waals surface area contributed by atoms with Crippen LogP contribution in [-0.2, 0) is 0 Å². The monoisotopic (exact) mass is 203 g/mol. The summed E-state index contributed by atoms with van der Waals surface area (Å²) in [7, 11) is 1.74. The molecule has 0 bridgehead atoms. The summed E-state index contributed by atoms with van der Waals surface area (Å²) in [6.07, 6.45) is 2.76. The van der Waals surface area contributed by atoms with Crippen LogP contribution in [0.4, 0.5) is 5.69 Å². The zero-order valence-corrected chi connectivity index (χ0v) is 9.49. The van der Waals surface area contributed by atoms with Gasteiger partial charge in [0, 0.05) is 24.5 Å². The van der Waals surface area contributed by atoms with Crippen LogP contribution in [0.1, 0.15) is 24.5 Å². The molecule has 80 valence electrons. The molecule has 15 heavy (non-hydrogen) atoms. The van der Waals surface area contributed by atoms with Gasteiger partial charge >= 0.3 is 0 Å². The van der Waals surface area contributed by atoms with Crippen LogP contribution in [0.3, 0.4) is 0 Å². The minimum absolute atomic E-state index is 0.750. The molecular weight excluding hydrogens is 186 g/mol. The highest BCUT2D eigenvalue weighted by Gasteiger charge is 2.01. The first-order valence-electron chi connectivity index (χ1n) is 5.04. The lowest BCUT2D eigenvalue weighted by atomic mass is 10.1. The number of aryl methyl sites for hydroxylation is 1. The molecule has 0 amide bonds. The molecule has 0 aliphatic carbocycles. The van der Waals surface area contributed by atoms with Crippen LogP contribution in [0.15, 0.2) is 28.2 Å². The number of rotatable bonds is 2. The van der Waals surface area contributed by atoms with Gasteiger partial charge < -0.3 is 5.73 Å². The molecule has 2 N–H and O–H groups in total. The number of amidine groups is 1. The molecule has 1 aromatic rings. The zero-order valence-electron chi connectivity index (χ0n) is 9.49. The van der Waals surface area contributed by atoms with Gasteiger partial charge in [-0.05, 0) is 37.1 Å². The van der Waals surface area contributed by atoms with Crippen LogP contribution >= 0.6 is 0 Å². The van der Waals surface area contributed by atoms with Crippen LogP contribution in [0.2, 0.25) is 0 Å². The molecule has 0 heterocycles. The molecule has 1 aromatic carbocycles. The maximum absolute atomic E-state index is 5.75. The summed E-state index contributed by atoms with van der Waals surface area (Å²) in [5.41, 5.74) is 8.62. The molecule has 0 spiro atoms. The third-order valence-electron chi connectivity index (χ3n) is 2.14. The fourth-order valence-electron chi connectivity index (χ4n) is 1.25. The SMILES string of the molecule is CCC=NC(=NC)c1ccc(N)c(C)c1. The summed E-state index contributed by atoms with van der Waals surface area (Å²) in [5, 5.41) is 0. The second-order valence-corrected chi connectivity index (χ2v) is 3.34. The summed E-state index contributed by atoms with van der Waals surface area (Å²) >= 11 is 0. The molecule has 0 unspecified atom stereocenters. The Balaban J connectivity index is 3.04. The molecule has 1 rings (SSSR count). The topological polar surface area (TPSA) is 50.7 Å². The van der Waals surface area contributed by atoms with E-state index in [0.29, 0.717) is 0 Å². The number of nitrogens with two attached hydrogens (primary N) is 1. The van der Waals surface area contributed by atoms with Crippen molar-refractivity contribution in [3.8, 4) is 0 Å². The van der Waals surface area contributed by atoms with Crippen LogP contribution in [0.5, 0.6) is 0 Å². The molecule has 3 nitrogen and oxygen atoms in total. The predicted molar refractivity (Wildman–Crippen MR) is 66.8 cm³/mol. The van der Waals surface area contributed by atoms with E-state index in [1.54, 1.807) is 7.05 Å². The number of aliphatic imine (C=N–C) groups is 2. The molecule has 0 saturated carbocycles. The Labute approximate surface area is 90.8 Å². The fourth-order valence-corrected chi connectivity index (χ4v) is 1.25. The molecule has 0 atom stereocenters. The molecule has 0 fully saturated rings. The summed E-state index contributed by atoms with van der Waals surface area (Å²) in [5.74, 6) is 0.750. The first-order valence-corrected chi connectivity index (χ1v) is 5.04. The number of hydrogen-bond donors (Lipinski definition) is 1. The van der Waals surface area contributed by atoms with Crippen molar-refractivity contribution in [3.05, 3.63) is 29.3 Å². The summed E-state index contributed by atoms with van der Waals surface area (Å²) in [6.45, 7) is 4.03. The minimum Gasteiger partial charge on any atom is -0.399 e. The van der Waals surface area contributed by atoms with Crippen molar-refractivity contribution in [1.29, 1.82) is 0 Å². The number of nitrogens with zero attached hydrogens (tertiary/aromatic N) is 2. The Hall–Kier alpha value is -1.64. The van der Waals surface area contributed by atoms with E-state index in [1.165, 1.54) is 0 Å². The number of hydrogen-bond acceptors (Lipinski definition) is 2. The normalized spacial score (nSPS) is 12.3. The van der Waals surface area contributed by atoms with Gasteiger partial charge in [-0.2, -0.15) is 0 Å². The van der Waals surface area contributed by atoms with Crippen LogP contribution < -0.4 is 5.73 Å². The Morgan fingerprint density at radius 1 is 1.47 bits per heavy atom. The van der Waals surface area contributed by atoms with Gasteiger partial charge in [-0.1, -0.05) is 6.92 Å². The highest BCUT2D eigenvalue weighted by atomic mass is 14.9. The van der Waals surface area contributed by atoms with Crippen LogP contribution in [0, 0.1) is 6.92 Å². The first kappa shape index (κ1) is 11.4. The van der Waals surface area contributed by atoms with E-state index in [9.17, 15) is 0 Å². The summed E-state index contributed by atoms with van der Waals surface area (Å²) < 4.78 is 0. The van der Waals surface area contributed by atoms with Gasteiger partial charge in [-0.25, -0.2) is 4.99 Å². The van der Waals surface area contributed by atoms with E-state index in [1.807, 2.05) is 38.3 Å². The molecule has 0 aliphatic rings. The molecule has 0 radical (unpaired) electrons. The first-order chi connectivity index (χ1) is 7.19. The van der Waals surface area contributed by atoms with Gasteiger partial charge in [0.15, 0.2) is 5.84 Å². The molecule has 0 aromatic heterocycles. The van der Waals surface area contributed by atoms with Crippen LogP contribution in [0.25, 0.3) is 0 Å². The van der Waals surface area contributed by atoms with Crippen molar-refractivity contribution >= 4 is 17.7 Å². The van der Waals surface area contributed by atoms with Gasteiger partial charge in [0.25, 0.3) is 0 Å².